The Morgan fingerprint density at radius 3 is 2.65 bits per heavy atom. The second-order valence-corrected chi connectivity index (χ2v) is 10.6. The van der Waals surface area contributed by atoms with Crippen LogP contribution in [0.5, 0.6) is 11.5 Å². The normalized spacial score (nSPS) is 15.4. The third-order valence-corrected chi connectivity index (χ3v) is 7.87. The number of sulfonamides is 1. The van der Waals surface area contributed by atoms with Crippen LogP contribution in [0.25, 0.3) is 11.3 Å². The van der Waals surface area contributed by atoms with Crippen molar-refractivity contribution in [3.8, 4) is 22.8 Å². The molecule has 0 bridgehead atoms. The quantitative estimate of drug-likeness (QED) is 0.323. The van der Waals surface area contributed by atoms with E-state index < -0.39 is 39.6 Å². The number of fused-ring (bicyclic) bond motifs is 1. The third kappa shape index (κ3) is 5.36. The average Bonchev–Trinajstić information content (AvgIpc) is 3.35. The molecule has 1 atom stereocenters. The number of aromatic nitrogens is 3. The highest BCUT2D eigenvalue weighted by atomic mass is 32.2. The topological polar surface area (TPSA) is 128 Å². The summed E-state index contributed by atoms with van der Waals surface area (Å²) in [7, 11) is -3.16. The van der Waals surface area contributed by atoms with Crippen molar-refractivity contribution in [2.75, 3.05) is 18.0 Å². The Kier molecular flexibility index (Phi) is 6.99. The van der Waals surface area contributed by atoms with Crippen LogP contribution in [0.4, 0.5) is 23.2 Å². The standard InChI is InChI=1S/C25H20F4N4O6S/c1-37-21-12-16(7-8-17(21)26)40(35,36)33-13-15(6-10-23-31-32-24(34)39-23)38-20-9-5-14(11-19(20)33)18-3-2-4-22(30-18)25(27,28)29/h2-5,7-9,11-12,15H,6,10,13H2,1H3,(H,32,34)/t15-/m0/s1. The van der Waals surface area contributed by atoms with E-state index in [1.165, 1.54) is 37.4 Å². The van der Waals surface area contributed by atoms with E-state index >= 15 is 0 Å². The minimum atomic E-state index is -4.68. The van der Waals surface area contributed by atoms with Crippen LogP contribution >= 0.6 is 0 Å². The van der Waals surface area contributed by atoms with Gasteiger partial charge < -0.3 is 13.9 Å². The molecular formula is C25H20F4N4O6S. The number of hydrogen-bond acceptors (Lipinski definition) is 8. The minimum Gasteiger partial charge on any atom is -0.494 e. The van der Waals surface area contributed by atoms with Crippen LogP contribution in [0.1, 0.15) is 18.0 Å². The number of H-pyrrole nitrogens is 1. The number of benzene rings is 2. The second-order valence-electron chi connectivity index (χ2n) is 8.71. The third-order valence-electron chi connectivity index (χ3n) is 6.10. The van der Waals surface area contributed by atoms with Crippen LogP contribution in [0, 0.1) is 5.82 Å². The molecule has 4 aromatic rings. The lowest BCUT2D eigenvalue weighted by atomic mass is 10.1. The van der Waals surface area contributed by atoms with Gasteiger partial charge in [-0.2, -0.15) is 13.2 Å². The predicted octanol–water partition coefficient (Wildman–Crippen LogP) is 4.18. The summed E-state index contributed by atoms with van der Waals surface area (Å²) in [6.45, 7) is -0.219. The van der Waals surface area contributed by atoms with Gasteiger partial charge in [0.05, 0.1) is 29.9 Å². The Hall–Kier alpha value is -4.40. The molecule has 0 saturated heterocycles. The number of hydrogen-bond donors (Lipinski definition) is 1. The molecule has 10 nitrogen and oxygen atoms in total. The fraction of sp³-hybridized carbons (Fsp3) is 0.240. The number of nitrogens with one attached hydrogen (secondary N) is 1. The Labute approximate surface area is 224 Å². The molecule has 15 heteroatoms. The number of pyridine rings is 1. The average molecular weight is 581 g/mol. The van der Waals surface area contributed by atoms with Gasteiger partial charge in [-0.3, -0.25) is 4.31 Å². The number of aryl methyl sites for hydroxylation is 1. The van der Waals surface area contributed by atoms with Gasteiger partial charge in [0.15, 0.2) is 11.6 Å². The molecular weight excluding hydrogens is 560 g/mol. The van der Waals surface area contributed by atoms with Crippen molar-refractivity contribution in [2.45, 2.75) is 30.0 Å². The van der Waals surface area contributed by atoms with Crippen molar-refractivity contribution in [1.82, 2.24) is 15.2 Å². The van der Waals surface area contributed by atoms with E-state index in [2.05, 4.69) is 15.2 Å². The van der Waals surface area contributed by atoms with E-state index in [0.29, 0.717) is 0 Å². The second kappa shape index (κ2) is 10.3. The molecule has 2 aromatic heterocycles. The monoisotopic (exact) mass is 580 g/mol. The smallest absolute Gasteiger partial charge is 0.434 e. The van der Waals surface area contributed by atoms with Crippen molar-refractivity contribution in [1.29, 1.82) is 0 Å². The molecule has 1 aliphatic rings. The van der Waals surface area contributed by atoms with E-state index in [4.69, 9.17) is 13.9 Å². The van der Waals surface area contributed by atoms with Crippen molar-refractivity contribution >= 4 is 15.7 Å². The van der Waals surface area contributed by atoms with Crippen LogP contribution in [-0.2, 0) is 22.6 Å². The number of rotatable bonds is 7. The lowest BCUT2D eigenvalue weighted by Crippen LogP contribution is -2.43. The SMILES string of the molecule is COc1cc(S(=O)(=O)N2C[C@H](CCc3n[nH]c(=O)o3)Oc3ccc(-c4cccc(C(F)(F)F)n4)cc32)ccc1F. The molecule has 0 fully saturated rings. The van der Waals surface area contributed by atoms with Crippen LogP contribution < -0.4 is 19.5 Å². The van der Waals surface area contributed by atoms with Crippen molar-refractivity contribution in [2.24, 2.45) is 0 Å². The Morgan fingerprint density at radius 2 is 1.95 bits per heavy atom. The van der Waals surface area contributed by atoms with E-state index in [1.807, 2.05) is 0 Å². The van der Waals surface area contributed by atoms with Crippen molar-refractivity contribution in [3.05, 3.63) is 82.5 Å². The highest BCUT2D eigenvalue weighted by molar-refractivity contribution is 7.92. The van der Waals surface area contributed by atoms with Crippen LogP contribution in [-0.4, -0.2) is 43.4 Å². The van der Waals surface area contributed by atoms with E-state index in [9.17, 15) is 30.8 Å². The van der Waals surface area contributed by atoms with Gasteiger partial charge in [0, 0.05) is 18.1 Å². The molecule has 3 heterocycles. The first-order valence-corrected chi connectivity index (χ1v) is 13.2. The molecule has 1 aliphatic heterocycles. The van der Waals surface area contributed by atoms with Crippen LogP contribution in [0.3, 0.4) is 0 Å². The van der Waals surface area contributed by atoms with E-state index in [1.54, 1.807) is 0 Å². The zero-order chi connectivity index (χ0) is 28.7. The fourth-order valence-electron chi connectivity index (χ4n) is 4.18. The number of anilines is 1. The minimum absolute atomic E-state index is 0.0332. The first-order valence-electron chi connectivity index (χ1n) is 11.7. The predicted molar refractivity (Wildman–Crippen MR) is 132 cm³/mol. The molecule has 0 unspecified atom stereocenters. The Bertz CT molecular complexity index is 1720. The molecule has 1 N–H and O–H groups in total. The Morgan fingerprint density at radius 1 is 1.15 bits per heavy atom. The van der Waals surface area contributed by atoms with E-state index in [-0.39, 0.29) is 58.6 Å². The molecule has 0 spiro atoms. The number of nitrogens with zero attached hydrogens (tertiary/aromatic N) is 3. The number of halogens is 4. The number of aromatic amines is 1. The summed E-state index contributed by atoms with van der Waals surface area (Å²) in [5.41, 5.74) is -0.884. The van der Waals surface area contributed by atoms with Gasteiger partial charge in [0.25, 0.3) is 10.0 Å². The van der Waals surface area contributed by atoms with Gasteiger partial charge in [-0.1, -0.05) is 6.07 Å². The highest BCUT2D eigenvalue weighted by Crippen LogP contribution is 2.41. The first kappa shape index (κ1) is 27.2. The maximum absolute atomic E-state index is 14.0. The lowest BCUT2D eigenvalue weighted by molar-refractivity contribution is -0.141. The summed E-state index contributed by atoms with van der Waals surface area (Å²) in [5.74, 6) is -1.56. The fourth-order valence-corrected chi connectivity index (χ4v) is 5.70. The molecule has 40 heavy (non-hydrogen) atoms. The molecule has 0 aliphatic carbocycles. The van der Waals surface area contributed by atoms with Crippen LogP contribution in [0.2, 0.25) is 0 Å². The van der Waals surface area contributed by atoms with Crippen LogP contribution in [0.15, 0.2) is 68.7 Å². The van der Waals surface area contributed by atoms with Gasteiger partial charge >= 0.3 is 11.9 Å². The summed E-state index contributed by atoms with van der Waals surface area (Å²) in [6, 6.07) is 10.7. The number of ether oxygens (including phenoxy) is 2. The number of alkyl halides is 3. The summed E-state index contributed by atoms with van der Waals surface area (Å²) in [5, 5.41) is 5.87. The van der Waals surface area contributed by atoms with Gasteiger partial charge in [-0.05, 0) is 48.9 Å². The lowest BCUT2D eigenvalue weighted by Gasteiger charge is -2.35. The number of methoxy groups -OCH3 is 1. The van der Waals surface area contributed by atoms with Crippen molar-refractivity contribution in [3.63, 3.8) is 0 Å². The zero-order valence-corrected chi connectivity index (χ0v) is 21.4. The summed E-state index contributed by atoms with van der Waals surface area (Å²) in [6.07, 6.45) is -5.07. The van der Waals surface area contributed by atoms with Gasteiger partial charge in [0.1, 0.15) is 17.5 Å². The van der Waals surface area contributed by atoms with Gasteiger partial charge in [0.2, 0.25) is 5.89 Å². The molecule has 210 valence electrons. The van der Waals surface area contributed by atoms with Gasteiger partial charge in [-0.25, -0.2) is 27.7 Å². The van der Waals surface area contributed by atoms with Gasteiger partial charge in [-0.15, -0.1) is 5.10 Å². The maximum Gasteiger partial charge on any atom is 0.434 e. The summed E-state index contributed by atoms with van der Waals surface area (Å²) >= 11 is 0. The van der Waals surface area contributed by atoms with E-state index in [0.717, 1.165) is 28.6 Å². The molecule has 0 saturated carbocycles. The first-order chi connectivity index (χ1) is 19.0. The molecule has 0 radical (unpaired) electrons. The molecule has 5 rings (SSSR count). The highest BCUT2D eigenvalue weighted by Gasteiger charge is 2.36. The maximum atomic E-state index is 14.0. The zero-order valence-electron chi connectivity index (χ0n) is 20.6. The molecule has 2 aromatic carbocycles. The summed E-state index contributed by atoms with van der Waals surface area (Å²) in [4.78, 5) is 14.6. The Balaban J connectivity index is 1.56. The summed E-state index contributed by atoms with van der Waals surface area (Å²) < 4.78 is 98.3. The van der Waals surface area contributed by atoms with Crippen molar-refractivity contribution < 1.29 is 39.9 Å². The molecule has 0 amide bonds. The largest absolute Gasteiger partial charge is 0.494 e.